The highest BCUT2D eigenvalue weighted by Gasteiger charge is 2.35. The van der Waals surface area contributed by atoms with Crippen LogP contribution < -0.4 is 0 Å². The minimum atomic E-state index is -3.60. The Bertz CT molecular complexity index is 230. The van der Waals surface area contributed by atoms with Crippen LogP contribution in [0.2, 0.25) is 0 Å². The molecule has 0 fully saturated rings. The number of rotatable bonds is 3. The zero-order valence-corrected chi connectivity index (χ0v) is 6.76. The van der Waals surface area contributed by atoms with E-state index in [9.17, 15) is 8.78 Å². The molecule has 2 nitrogen and oxygen atoms in total. The second-order valence-corrected chi connectivity index (χ2v) is 2.84. The number of aliphatic hydroxyl groups excluding tert-OH is 1. The summed E-state index contributed by atoms with van der Waals surface area (Å²) in [6.45, 7) is 0. The minimum absolute atomic E-state index is 0.280. The van der Waals surface area contributed by atoms with Crippen molar-refractivity contribution >= 4 is 11.6 Å². The molecule has 1 aromatic rings. The van der Waals surface area contributed by atoms with Gasteiger partial charge in [-0.1, -0.05) is 0 Å². The van der Waals surface area contributed by atoms with Crippen LogP contribution in [0.1, 0.15) is 5.76 Å². The summed E-state index contributed by atoms with van der Waals surface area (Å²) in [5.74, 6) is 0.280. The van der Waals surface area contributed by atoms with E-state index < -0.39 is 11.5 Å². The van der Waals surface area contributed by atoms with Crippen molar-refractivity contribution in [3.63, 3.8) is 0 Å². The fourth-order valence-corrected chi connectivity index (χ4v) is 0.812. The highest BCUT2D eigenvalue weighted by molar-refractivity contribution is 6.22. The van der Waals surface area contributed by atoms with E-state index in [4.69, 9.17) is 9.52 Å². The van der Waals surface area contributed by atoms with Gasteiger partial charge in [-0.05, 0) is 23.7 Å². The normalized spacial score (nSPS) is 14.7. The highest BCUT2D eigenvalue weighted by atomic mass is 35.5. The average molecular weight is 197 g/mol. The van der Waals surface area contributed by atoms with Gasteiger partial charge in [0.15, 0.2) is 0 Å². The third-order valence-electron chi connectivity index (χ3n) is 1.35. The Balaban J connectivity index is 2.53. The molecule has 0 radical (unpaired) electrons. The molecule has 0 amide bonds. The number of alkyl halides is 3. The Labute approximate surface area is 72.7 Å². The third kappa shape index (κ3) is 2.46. The van der Waals surface area contributed by atoms with Gasteiger partial charge >= 0.3 is 5.38 Å². The lowest BCUT2D eigenvalue weighted by Crippen LogP contribution is -2.29. The highest BCUT2D eigenvalue weighted by Crippen LogP contribution is 2.25. The largest absolute Gasteiger partial charge is 0.469 e. The quantitative estimate of drug-likeness (QED) is 0.751. The molecule has 1 atom stereocenters. The van der Waals surface area contributed by atoms with Gasteiger partial charge in [0.25, 0.3) is 0 Å². The second kappa shape index (κ2) is 3.41. The van der Waals surface area contributed by atoms with E-state index in [1.165, 1.54) is 12.3 Å². The zero-order chi connectivity index (χ0) is 9.19. The first-order valence-corrected chi connectivity index (χ1v) is 3.65. The summed E-state index contributed by atoms with van der Waals surface area (Å²) >= 11 is 4.58. The molecule has 5 heteroatoms. The molecule has 1 aromatic heterocycles. The van der Waals surface area contributed by atoms with Crippen LogP contribution in [0.5, 0.6) is 0 Å². The van der Waals surface area contributed by atoms with Crippen LogP contribution in [-0.4, -0.2) is 16.6 Å². The zero-order valence-electron chi connectivity index (χ0n) is 6.01. The Morgan fingerprint density at radius 2 is 2.33 bits per heavy atom. The van der Waals surface area contributed by atoms with Crippen molar-refractivity contribution in [3.05, 3.63) is 24.2 Å². The molecule has 0 aliphatic carbocycles. The molecule has 0 aliphatic heterocycles. The van der Waals surface area contributed by atoms with Gasteiger partial charge in [0.05, 0.1) is 6.26 Å². The van der Waals surface area contributed by atoms with Crippen LogP contribution in [0.15, 0.2) is 22.8 Å². The predicted molar refractivity (Wildman–Crippen MR) is 39.2 cm³/mol. The average Bonchev–Trinajstić information content (AvgIpc) is 2.37. The SMILES string of the molecule is OC(Cc1ccco1)C(F)(F)Cl. The maximum absolute atomic E-state index is 12.2. The Kier molecular flexibility index (Phi) is 2.69. The summed E-state index contributed by atoms with van der Waals surface area (Å²) in [5.41, 5.74) is 0. The molecule has 0 aromatic carbocycles. The van der Waals surface area contributed by atoms with Gasteiger partial charge in [0.1, 0.15) is 11.9 Å². The predicted octanol–water partition coefficient (Wildman–Crippen LogP) is 2.01. The van der Waals surface area contributed by atoms with Gasteiger partial charge in [-0.25, -0.2) is 0 Å². The molecule has 0 saturated heterocycles. The smallest absolute Gasteiger partial charge is 0.347 e. The lowest BCUT2D eigenvalue weighted by Gasteiger charge is -2.13. The van der Waals surface area contributed by atoms with E-state index in [1.807, 2.05) is 0 Å². The first-order chi connectivity index (χ1) is 5.50. The molecule has 1 unspecified atom stereocenters. The van der Waals surface area contributed by atoms with Gasteiger partial charge in [0, 0.05) is 6.42 Å². The van der Waals surface area contributed by atoms with Crippen molar-refractivity contribution in [2.45, 2.75) is 17.9 Å². The summed E-state index contributed by atoms with van der Waals surface area (Å²) < 4.78 is 29.1. The standard InChI is InChI=1S/C7H7ClF2O2/c8-7(9,10)6(11)4-5-2-1-3-12-5/h1-3,6,11H,4H2. The molecule has 0 aliphatic rings. The van der Waals surface area contributed by atoms with Crippen molar-refractivity contribution in [3.8, 4) is 0 Å². The van der Waals surface area contributed by atoms with Crippen molar-refractivity contribution in [2.75, 3.05) is 0 Å². The third-order valence-corrected chi connectivity index (χ3v) is 1.60. The molecule has 68 valence electrons. The van der Waals surface area contributed by atoms with Crippen LogP contribution in [0.25, 0.3) is 0 Å². The summed E-state index contributed by atoms with van der Waals surface area (Å²) in [7, 11) is 0. The Hall–Kier alpha value is -0.610. The molecule has 1 heterocycles. The monoisotopic (exact) mass is 196 g/mol. The number of hydrogen-bond acceptors (Lipinski definition) is 2. The molecule has 1 N–H and O–H groups in total. The van der Waals surface area contributed by atoms with Crippen LogP contribution >= 0.6 is 11.6 Å². The Morgan fingerprint density at radius 1 is 1.67 bits per heavy atom. The van der Waals surface area contributed by atoms with E-state index in [1.54, 1.807) is 6.07 Å². The topological polar surface area (TPSA) is 33.4 Å². The number of hydrogen-bond donors (Lipinski definition) is 1. The van der Waals surface area contributed by atoms with Crippen LogP contribution in [0.3, 0.4) is 0 Å². The summed E-state index contributed by atoms with van der Waals surface area (Å²) in [6, 6.07) is 3.04. The fraction of sp³-hybridized carbons (Fsp3) is 0.429. The van der Waals surface area contributed by atoms with Gasteiger partial charge in [-0.2, -0.15) is 8.78 Å². The number of furan rings is 1. The summed E-state index contributed by atoms with van der Waals surface area (Å²) in [5, 5.41) is 5.21. The molecule has 0 bridgehead atoms. The van der Waals surface area contributed by atoms with Crippen LogP contribution in [-0.2, 0) is 6.42 Å². The van der Waals surface area contributed by atoms with Crippen molar-refractivity contribution < 1.29 is 18.3 Å². The first kappa shape index (κ1) is 9.48. The Morgan fingerprint density at radius 3 is 2.75 bits per heavy atom. The van der Waals surface area contributed by atoms with Crippen LogP contribution in [0, 0.1) is 0 Å². The maximum Gasteiger partial charge on any atom is 0.347 e. The maximum atomic E-state index is 12.2. The van der Waals surface area contributed by atoms with Crippen molar-refractivity contribution in [1.82, 2.24) is 0 Å². The van der Waals surface area contributed by atoms with E-state index in [0.717, 1.165) is 0 Å². The second-order valence-electron chi connectivity index (χ2n) is 2.34. The number of halogens is 3. The van der Waals surface area contributed by atoms with Crippen molar-refractivity contribution in [2.24, 2.45) is 0 Å². The van der Waals surface area contributed by atoms with Crippen LogP contribution in [0.4, 0.5) is 8.78 Å². The molecule has 0 spiro atoms. The van der Waals surface area contributed by atoms with Gasteiger partial charge in [-0.3, -0.25) is 0 Å². The van der Waals surface area contributed by atoms with Gasteiger partial charge in [0.2, 0.25) is 0 Å². The fourth-order valence-electron chi connectivity index (χ4n) is 0.735. The molecular formula is C7H7ClF2O2. The van der Waals surface area contributed by atoms with Gasteiger partial charge < -0.3 is 9.52 Å². The first-order valence-electron chi connectivity index (χ1n) is 3.27. The molecular weight excluding hydrogens is 190 g/mol. The van der Waals surface area contributed by atoms with E-state index in [0.29, 0.717) is 0 Å². The lowest BCUT2D eigenvalue weighted by molar-refractivity contribution is -0.0418. The summed E-state index contributed by atoms with van der Waals surface area (Å²) in [6.07, 6.45) is -0.858. The lowest BCUT2D eigenvalue weighted by atomic mass is 10.2. The van der Waals surface area contributed by atoms with Crippen molar-refractivity contribution in [1.29, 1.82) is 0 Å². The molecule has 1 rings (SSSR count). The molecule has 12 heavy (non-hydrogen) atoms. The molecule has 0 saturated carbocycles. The van der Waals surface area contributed by atoms with E-state index in [2.05, 4.69) is 11.6 Å². The van der Waals surface area contributed by atoms with Gasteiger partial charge in [-0.15, -0.1) is 0 Å². The van der Waals surface area contributed by atoms with E-state index in [-0.39, 0.29) is 12.2 Å². The minimum Gasteiger partial charge on any atom is -0.469 e. The summed E-state index contributed by atoms with van der Waals surface area (Å²) in [4.78, 5) is 0. The number of aliphatic hydroxyl groups is 1. The van der Waals surface area contributed by atoms with E-state index >= 15 is 0 Å².